The first-order chi connectivity index (χ1) is 41.2. The Morgan fingerprint density at radius 1 is 0.584 bits per heavy atom. The summed E-state index contributed by atoms with van der Waals surface area (Å²) in [6.07, 6.45) is 5.19. The monoisotopic (exact) mass is 1260 g/mol. The van der Waals surface area contributed by atoms with Crippen LogP contribution >= 0.6 is 0 Å². The minimum absolute atomic E-state index is 0.00589. The SMILES string of the molecule is CCCCCCCCC(C)C(=O)N1CC(C)CC1C(=O)NC(CC(C)CC(O)CC(=O)CC)C(=O)NC(C(=O)NC(C)(C)C(=O)NC(CC(C)C)C(=O)NC(CC(C)C)C(=O)NC(C)(C)C(=O)NC(C)(C)C(=O)NCCC(=O)NC(C)CNC)C(O)C(C)C. The lowest BCUT2D eigenvalue weighted by atomic mass is 9.92. The number of carbonyl (C=O) groups is 11. The Bertz CT molecular complexity index is 2330. The van der Waals surface area contributed by atoms with Crippen molar-refractivity contribution < 1.29 is 63.0 Å². The third-order valence-corrected chi connectivity index (χ3v) is 16.1. The second-order valence-corrected chi connectivity index (χ2v) is 28.1. The van der Waals surface area contributed by atoms with Gasteiger partial charge >= 0.3 is 0 Å². The van der Waals surface area contributed by atoms with Crippen LogP contribution in [0.5, 0.6) is 0 Å². The molecular weight excluding hydrogens is 1140 g/mol. The molecule has 12 N–H and O–H groups in total. The maximum atomic E-state index is 14.7. The second kappa shape index (κ2) is 38.8. The lowest BCUT2D eigenvalue weighted by molar-refractivity contribution is -0.142. The van der Waals surface area contributed by atoms with Crippen molar-refractivity contribution in [3.05, 3.63) is 0 Å². The van der Waals surface area contributed by atoms with Crippen molar-refractivity contribution >= 4 is 64.9 Å². The van der Waals surface area contributed by atoms with Crippen molar-refractivity contribution in [2.75, 3.05) is 26.7 Å². The van der Waals surface area contributed by atoms with Gasteiger partial charge in [0.2, 0.25) is 59.1 Å². The summed E-state index contributed by atoms with van der Waals surface area (Å²) in [7, 11) is 1.76. The van der Waals surface area contributed by atoms with Crippen LogP contribution < -0.4 is 53.2 Å². The summed E-state index contributed by atoms with van der Waals surface area (Å²) in [5.74, 6) is -8.37. The van der Waals surface area contributed by atoms with Crippen LogP contribution in [-0.4, -0.2) is 172 Å². The molecule has 1 rings (SSSR count). The molecule has 1 fully saturated rings. The Morgan fingerprint density at radius 2 is 1.11 bits per heavy atom. The number of likely N-dealkylation sites (N-methyl/N-ethyl adjacent to an activating group) is 1. The Labute approximate surface area is 532 Å². The fourth-order valence-corrected chi connectivity index (χ4v) is 10.7. The minimum atomic E-state index is -1.82. The molecule has 0 radical (unpaired) electrons. The third-order valence-electron chi connectivity index (χ3n) is 16.1. The summed E-state index contributed by atoms with van der Waals surface area (Å²) in [5.41, 5.74) is -4.92. The molecule has 89 heavy (non-hydrogen) atoms. The van der Waals surface area contributed by atoms with E-state index in [0.29, 0.717) is 25.9 Å². The van der Waals surface area contributed by atoms with Crippen molar-refractivity contribution in [2.45, 2.75) is 286 Å². The van der Waals surface area contributed by atoms with E-state index in [0.717, 1.165) is 38.5 Å². The van der Waals surface area contributed by atoms with Gasteiger partial charge in [-0.2, -0.15) is 0 Å². The van der Waals surface area contributed by atoms with Gasteiger partial charge in [0.05, 0.1) is 12.2 Å². The van der Waals surface area contributed by atoms with Gasteiger partial charge in [-0.15, -0.1) is 0 Å². The van der Waals surface area contributed by atoms with E-state index in [4.69, 9.17) is 0 Å². The number of aliphatic hydroxyl groups is 2. The van der Waals surface area contributed by atoms with Crippen molar-refractivity contribution in [2.24, 2.45) is 35.5 Å². The molecule has 512 valence electrons. The van der Waals surface area contributed by atoms with Gasteiger partial charge in [0.15, 0.2) is 0 Å². The standard InChI is InChI=1S/C65H119N11O13/c1-20-22-23-24-25-26-27-43(11)59(86)76-37-42(10)34-50(76)57(84)70-49(33-41(9)32-46(78)35-45(77)21-2)55(82)72-52(53(80)40(7)8)58(85)74-64(15,16)61(88)71-47(30-38(3)4)54(81)69-48(31-39(5)6)56(83)73-65(17,18)62(89)75-63(13,14)60(87)67-29-28-51(79)68-44(12)36-66-19/h38-44,46-50,52-53,66,78,80H,20-37H2,1-19H3,(H,67,87)(H,68,79)(H,69,81)(H,70,84)(H,71,88)(H,72,82)(H,73,83)(H,74,85)(H,75,89). The van der Waals surface area contributed by atoms with Crippen LogP contribution in [0.2, 0.25) is 0 Å². The molecule has 11 unspecified atom stereocenters. The number of hydrogen-bond acceptors (Lipinski definition) is 14. The second-order valence-electron chi connectivity index (χ2n) is 28.1. The van der Waals surface area contributed by atoms with Crippen LogP contribution in [0.15, 0.2) is 0 Å². The van der Waals surface area contributed by atoms with E-state index in [1.807, 2.05) is 48.5 Å². The zero-order chi connectivity index (χ0) is 68.3. The van der Waals surface area contributed by atoms with Gasteiger partial charge in [-0.1, -0.05) is 115 Å². The molecule has 0 aromatic rings. The normalized spacial score (nSPS) is 17.6. The van der Waals surface area contributed by atoms with Gasteiger partial charge in [0.25, 0.3) is 0 Å². The number of hydrogen-bond donors (Lipinski definition) is 12. The quantitative estimate of drug-likeness (QED) is 0.0388. The average molecular weight is 1260 g/mol. The van der Waals surface area contributed by atoms with Crippen LogP contribution in [0, 0.1) is 35.5 Å². The predicted molar refractivity (Wildman–Crippen MR) is 344 cm³/mol. The van der Waals surface area contributed by atoms with Crippen molar-refractivity contribution in [3.8, 4) is 0 Å². The number of nitrogens with zero attached hydrogens (tertiary/aromatic N) is 1. The van der Waals surface area contributed by atoms with Crippen LogP contribution in [-0.2, 0) is 52.7 Å². The third kappa shape index (κ3) is 29.4. The van der Waals surface area contributed by atoms with Gasteiger partial charge < -0.3 is 68.3 Å². The maximum Gasteiger partial charge on any atom is 0.246 e. The summed E-state index contributed by atoms with van der Waals surface area (Å²) >= 11 is 0. The first-order valence-corrected chi connectivity index (χ1v) is 32.8. The molecule has 24 heteroatoms. The summed E-state index contributed by atoms with van der Waals surface area (Å²) in [4.78, 5) is 153. The highest BCUT2D eigenvalue weighted by Crippen LogP contribution is 2.28. The number of Topliss-reactive ketones (excluding diaryl/α,β-unsaturated/α-hetero) is 1. The molecule has 0 aliphatic carbocycles. The summed E-state index contributed by atoms with van der Waals surface area (Å²) in [6.45, 7) is 31.3. The molecule has 0 bridgehead atoms. The molecule has 24 nitrogen and oxygen atoms in total. The topological polar surface area (TPSA) is 352 Å². The molecule has 1 aliphatic heterocycles. The summed E-state index contributed by atoms with van der Waals surface area (Å²) in [5, 5.41) is 49.9. The van der Waals surface area contributed by atoms with Crippen LogP contribution in [0.3, 0.4) is 0 Å². The van der Waals surface area contributed by atoms with E-state index in [1.54, 1.807) is 39.6 Å². The molecule has 1 heterocycles. The molecule has 11 atom stereocenters. The maximum absolute atomic E-state index is 14.7. The van der Waals surface area contributed by atoms with Crippen molar-refractivity contribution in [1.82, 2.24) is 58.1 Å². The molecule has 0 saturated carbocycles. The largest absolute Gasteiger partial charge is 0.393 e. The van der Waals surface area contributed by atoms with Gasteiger partial charge in [0, 0.05) is 50.9 Å². The molecule has 1 saturated heterocycles. The molecule has 1 aliphatic rings. The number of ketones is 1. The van der Waals surface area contributed by atoms with Crippen molar-refractivity contribution in [1.29, 1.82) is 0 Å². The van der Waals surface area contributed by atoms with E-state index in [-0.39, 0.29) is 98.8 Å². The summed E-state index contributed by atoms with van der Waals surface area (Å²) in [6, 6.07) is -6.56. The Kier molecular flexibility index (Phi) is 35.5. The van der Waals surface area contributed by atoms with Crippen LogP contribution in [0.1, 0.15) is 221 Å². The molecule has 10 amide bonds. The number of unbranched alkanes of at least 4 members (excludes halogenated alkanes) is 5. The highest BCUT2D eigenvalue weighted by atomic mass is 16.3. The highest BCUT2D eigenvalue weighted by Gasteiger charge is 2.44. The number of carbonyl (C=O) groups excluding carboxylic acids is 11. The zero-order valence-electron chi connectivity index (χ0n) is 57.6. The zero-order valence-corrected chi connectivity index (χ0v) is 57.6. The summed E-state index contributed by atoms with van der Waals surface area (Å²) < 4.78 is 0. The first-order valence-electron chi connectivity index (χ1n) is 32.8. The fraction of sp³-hybridized carbons (Fsp3) is 0.831. The number of rotatable bonds is 42. The Morgan fingerprint density at radius 3 is 1.67 bits per heavy atom. The number of amides is 10. The Balaban J connectivity index is 3.45. The average Bonchev–Trinajstić information content (AvgIpc) is 3.14. The smallest absolute Gasteiger partial charge is 0.246 e. The first kappa shape index (κ1) is 81.3. The van der Waals surface area contributed by atoms with E-state index < -0.39 is 118 Å². The minimum Gasteiger partial charge on any atom is -0.393 e. The van der Waals surface area contributed by atoms with Gasteiger partial charge in [-0.25, -0.2) is 0 Å². The van der Waals surface area contributed by atoms with Crippen LogP contribution in [0.4, 0.5) is 0 Å². The predicted octanol–water partition coefficient (Wildman–Crippen LogP) is 3.72. The van der Waals surface area contributed by atoms with E-state index >= 15 is 0 Å². The number of likely N-dealkylation sites (tertiary alicyclic amines) is 1. The highest BCUT2D eigenvalue weighted by molar-refractivity contribution is 6.00. The Hall–Kier alpha value is -5.75. The van der Waals surface area contributed by atoms with Gasteiger partial charge in [-0.3, -0.25) is 52.7 Å². The van der Waals surface area contributed by atoms with Gasteiger partial charge in [-0.05, 0) is 124 Å². The van der Waals surface area contributed by atoms with E-state index in [9.17, 15) is 63.0 Å². The molecular formula is C65H119N11O13. The number of aliphatic hydroxyl groups excluding tert-OH is 2. The van der Waals surface area contributed by atoms with E-state index in [2.05, 4.69) is 60.1 Å². The molecule has 0 aromatic carbocycles. The lowest BCUT2D eigenvalue weighted by Gasteiger charge is -2.34. The van der Waals surface area contributed by atoms with E-state index in [1.165, 1.54) is 41.5 Å². The molecule has 0 aromatic heterocycles. The van der Waals surface area contributed by atoms with Crippen molar-refractivity contribution in [3.63, 3.8) is 0 Å². The molecule has 0 spiro atoms. The number of nitrogens with one attached hydrogen (secondary N) is 10. The van der Waals surface area contributed by atoms with Gasteiger partial charge in [0.1, 0.15) is 52.6 Å². The lowest BCUT2D eigenvalue weighted by Crippen LogP contribution is -2.66. The van der Waals surface area contributed by atoms with Crippen LogP contribution in [0.25, 0.3) is 0 Å². The fourth-order valence-electron chi connectivity index (χ4n) is 10.7.